The van der Waals surface area contributed by atoms with Gasteiger partial charge in [0.25, 0.3) is 0 Å². The van der Waals surface area contributed by atoms with Gasteiger partial charge in [0.1, 0.15) is 5.75 Å². The average molecular weight is 217 g/mol. The van der Waals surface area contributed by atoms with Crippen molar-refractivity contribution in [3.63, 3.8) is 0 Å². The van der Waals surface area contributed by atoms with Crippen LogP contribution >= 0.6 is 0 Å². The van der Waals surface area contributed by atoms with Crippen LogP contribution in [0.4, 0.5) is 0 Å². The molecule has 2 rings (SSSR count). The molecule has 2 heteroatoms. The zero-order valence-corrected chi connectivity index (χ0v) is 9.58. The molecule has 1 aromatic rings. The second-order valence-corrected chi connectivity index (χ2v) is 4.35. The molecule has 1 aromatic carbocycles. The second-order valence-electron chi connectivity index (χ2n) is 4.35. The van der Waals surface area contributed by atoms with E-state index < -0.39 is 0 Å². The number of hydrogen-bond acceptors (Lipinski definition) is 2. The van der Waals surface area contributed by atoms with Crippen LogP contribution in [0.15, 0.2) is 35.9 Å². The summed E-state index contributed by atoms with van der Waals surface area (Å²) in [7, 11) is 0. The van der Waals surface area contributed by atoms with Crippen LogP contribution in [0.5, 0.6) is 5.75 Å². The number of aromatic hydroxyl groups is 1. The maximum Gasteiger partial charge on any atom is 0.115 e. The molecule has 0 saturated heterocycles. The van der Waals surface area contributed by atoms with Crippen LogP contribution in [0.25, 0.3) is 0 Å². The summed E-state index contributed by atoms with van der Waals surface area (Å²) in [6, 6.07) is 7.45. The number of rotatable bonds is 5. The molecule has 16 heavy (non-hydrogen) atoms. The lowest BCUT2D eigenvalue weighted by atomic mass is 10.1. The molecule has 0 radical (unpaired) electrons. The highest BCUT2D eigenvalue weighted by atomic mass is 16.3. The molecule has 0 amide bonds. The predicted molar refractivity (Wildman–Crippen MR) is 66.6 cm³/mol. The molecular weight excluding hydrogens is 198 g/mol. The first-order valence-electron chi connectivity index (χ1n) is 6.01. The van der Waals surface area contributed by atoms with Crippen molar-refractivity contribution in [1.29, 1.82) is 0 Å². The van der Waals surface area contributed by atoms with Crippen molar-refractivity contribution in [1.82, 2.24) is 5.32 Å². The molecule has 86 valence electrons. The molecule has 0 spiro atoms. The van der Waals surface area contributed by atoms with Gasteiger partial charge in [-0.1, -0.05) is 23.8 Å². The lowest BCUT2D eigenvalue weighted by Gasteiger charge is -2.05. The smallest absolute Gasteiger partial charge is 0.115 e. The Morgan fingerprint density at radius 1 is 1.19 bits per heavy atom. The third kappa shape index (κ3) is 3.38. The minimum atomic E-state index is 0.341. The predicted octanol–water partition coefficient (Wildman–Crippen LogP) is 2.63. The Kier molecular flexibility index (Phi) is 4.00. The second kappa shape index (κ2) is 5.71. The number of benzene rings is 1. The van der Waals surface area contributed by atoms with E-state index in [0.717, 1.165) is 19.5 Å². The Morgan fingerprint density at radius 3 is 2.69 bits per heavy atom. The van der Waals surface area contributed by atoms with Gasteiger partial charge in [-0.2, -0.15) is 0 Å². The minimum absolute atomic E-state index is 0.341. The van der Waals surface area contributed by atoms with Gasteiger partial charge in [0, 0.05) is 6.54 Å². The van der Waals surface area contributed by atoms with E-state index in [9.17, 15) is 0 Å². The van der Waals surface area contributed by atoms with Gasteiger partial charge in [-0.05, 0) is 49.9 Å². The van der Waals surface area contributed by atoms with Crippen LogP contribution in [-0.2, 0) is 6.42 Å². The standard InChI is InChI=1S/C14H19NO/c16-14-7-5-12(6-8-14)9-10-15-11-13-3-1-2-4-13/h3,5-8,15-16H,1-2,4,9-11H2. The van der Waals surface area contributed by atoms with E-state index in [1.54, 1.807) is 17.7 Å². The SMILES string of the molecule is Oc1ccc(CCNCC2=CCCC2)cc1. The number of phenolic OH excluding ortho intramolecular Hbond substituents is 1. The fraction of sp³-hybridized carbons (Fsp3) is 0.429. The maximum atomic E-state index is 9.15. The Labute approximate surface area is 97.0 Å². The van der Waals surface area contributed by atoms with Crippen molar-refractivity contribution in [2.45, 2.75) is 25.7 Å². The average Bonchev–Trinajstić information content (AvgIpc) is 2.80. The fourth-order valence-corrected chi connectivity index (χ4v) is 2.04. The molecule has 2 nitrogen and oxygen atoms in total. The van der Waals surface area contributed by atoms with Gasteiger partial charge in [-0.3, -0.25) is 0 Å². The highest BCUT2D eigenvalue weighted by Gasteiger charge is 2.03. The summed E-state index contributed by atoms with van der Waals surface area (Å²) in [5.74, 6) is 0.341. The van der Waals surface area contributed by atoms with Crippen LogP contribution in [0.2, 0.25) is 0 Å². The molecule has 0 atom stereocenters. The molecule has 0 heterocycles. The first kappa shape index (κ1) is 11.2. The largest absolute Gasteiger partial charge is 0.508 e. The Balaban J connectivity index is 1.66. The van der Waals surface area contributed by atoms with Gasteiger partial charge >= 0.3 is 0 Å². The molecular formula is C14H19NO. The van der Waals surface area contributed by atoms with E-state index in [0.29, 0.717) is 5.75 Å². The molecule has 0 aromatic heterocycles. The van der Waals surface area contributed by atoms with Gasteiger partial charge < -0.3 is 10.4 Å². The number of allylic oxidation sites excluding steroid dienone is 1. The Hall–Kier alpha value is -1.28. The summed E-state index contributed by atoms with van der Waals surface area (Å²) in [4.78, 5) is 0. The van der Waals surface area contributed by atoms with Crippen molar-refractivity contribution in [2.24, 2.45) is 0 Å². The molecule has 0 fully saturated rings. The molecule has 0 unspecified atom stereocenters. The third-order valence-corrected chi connectivity index (χ3v) is 3.01. The fourth-order valence-electron chi connectivity index (χ4n) is 2.04. The lowest BCUT2D eigenvalue weighted by molar-refractivity contribution is 0.475. The van der Waals surface area contributed by atoms with E-state index >= 15 is 0 Å². The molecule has 1 aliphatic carbocycles. The highest BCUT2D eigenvalue weighted by molar-refractivity contribution is 5.26. The molecule has 0 bridgehead atoms. The maximum absolute atomic E-state index is 9.15. The van der Waals surface area contributed by atoms with Crippen LogP contribution in [0, 0.1) is 0 Å². The summed E-state index contributed by atoms with van der Waals surface area (Å²) in [6.07, 6.45) is 7.23. The number of hydrogen-bond donors (Lipinski definition) is 2. The molecule has 0 saturated carbocycles. The first-order valence-corrected chi connectivity index (χ1v) is 6.01. The van der Waals surface area contributed by atoms with E-state index in [-0.39, 0.29) is 0 Å². The number of phenols is 1. The van der Waals surface area contributed by atoms with Crippen LogP contribution < -0.4 is 5.32 Å². The molecule has 0 aliphatic heterocycles. The van der Waals surface area contributed by atoms with Crippen molar-refractivity contribution in [3.8, 4) is 5.75 Å². The van der Waals surface area contributed by atoms with Crippen LogP contribution in [-0.4, -0.2) is 18.2 Å². The topological polar surface area (TPSA) is 32.3 Å². The van der Waals surface area contributed by atoms with Gasteiger partial charge in [0.15, 0.2) is 0 Å². The van der Waals surface area contributed by atoms with Crippen LogP contribution in [0.3, 0.4) is 0 Å². The lowest BCUT2D eigenvalue weighted by Crippen LogP contribution is -2.19. The van der Waals surface area contributed by atoms with Crippen LogP contribution in [0.1, 0.15) is 24.8 Å². The zero-order chi connectivity index (χ0) is 11.2. The van der Waals surface area contributed by atoms with E-state index in [1.807, 2.05) is 12.1 Å². The summed E-state index contributed by atoms with van der Waals surface area (Å²) in [6.45, 7) is 2.04. The quantitative estimate of drug-likeness (QED) is 0.587. The zero-order valence-electron chi connectivity index (χ0n) is 9.58. The van der Waals surface area contributed by atoms with Crippen molar-refractivity contribution >= 4 is 0 Å². The first-order chi connectivity index (χ1) is 7.84. The van der Waals surface area contributed by atoms with E-state index in [2.05, 4.69) is 11.4 Å². The number of nitrogens with one attached hydrogen (secondary N) is 1. The Morgan fingerprint density at radius 2 is 2.00 bits per heavy atom. The molecule has 1 aliphatic rings. The van der Waals surface area contributed by atoms with Gasteiger partial charge in [-0.15, -0.1) is 0 Å². The van der Waals surface area contributed by atoms with Crippen molar-refractivity contribution in [3.05, 3.63) is 41.5 Å². The summed E-state index contributed by atoms with van der Waals surface area (Å²) < 4.78 is 0. The minimum Gasteiger partial charge on any atom is -0.508 e. The summed E-state index contributed by atoms with van der Waals surface area (Å²) in [5.41, 5.74) is 2.83. The Bertz CT molecular complexity index is 354. The van der Waals surface area contributed by atoms with Gasteiger partial charge in [0.2, 0.25) is 0 Å². The van der Waals surface area contributed by atoms with Gasteiger partial charge in [-0.25, -0.2) is 0 Å². The normalized spacial score (nSPS) is 15.1. The monoisotopic (exact) mass is 217 g/mol. The highest BCUT2D eigenvalue weighted by Crippen LogP contribution is 2.16. The van der Waals surface area contributed by atoms with E-state index in [1.165, 1.54) is 24.8 Å². The third-order valence-electron chi connectivity index (χ3n) is 3.01. The van der Waals surface area contributed by atoms with Crippen molar-refractivity contribution < 1.29 is 5.11 Å². The van der Waals surface area contributed by atoms with E-state index in [4.69, 9.17) is 5.11 Å². The van der Waals surface area contributed by atoms with Crippen molar-refractivity contribution in [2.75, 3.05) is 13.1 Å². The summed E-state index contributed by atoms with van der Waals surface area (Å²) >= 11 is 0. The molecule has 2 N–H and O–H groups in total. The summed E-state index contributed by atoms with van der Waals surface area (Å²) in [5, 5.41) is 12.6. The van der Waals surface area contributed by atoms with Gasteiger partial charge in [0.05, 0.1) is 0 Å².